The molecule has 0 bridgehead atoms. The molecule has 1 nitrogen and oxygen atoms in total. The Hall–Kier alpha value is -5.40. The highest BCUT2D eigenvalue weighted by Crippen LogP contribution is 2.41. The molecule has 0 aliphatic carbocycles. The van der Waals surface area contributed by atoms with E-state index >= 15 is 0 Å². The molecule has 0 saturated carbocycles. The Morgan fingerprint density at radius 2 is 0.780 bits per heavy atom. The van der Waals surface area contributed by atoms with E-state index in [0.717, 1.165) is 17.1 Å². The van der Waals surface area contributed by atoms with Crippen LogP contribution in [0.4, 0.5) is 17.1 Å². The summed E-state index contributed by atoms with van der Waals surface area (Å²) in [4.78, 5) is 2.34. The molecule has 0 aliphatic rings. The van der Waals surface area contributed by atoms with Crippen molar-refractivity contribution in [2.24, 2.45) is 0 Å². The highest BCUT2D eigenvalue weighted by atomic mass is 15.1. The molecule has 0 N–H and O–H groups in total. The minimum atomic E-state index is 1.12. The third-order valence-corrected chi connectivity index (χ3v) is 7.65. The average molecular weight is 524 g/mol. The van der Waals surface area contributed by atoms with Crippen LogP contribution in [0.5, 0.6) is 0 Å². The second kappa shape index (κ2) is 11.0. The van der Waals surface area contributed by atoms with Gasteiger partial charge in [-0.1, -0.05) is 133 Å². The van der Waals surface area contributed by atoms with Gasteiger partial charge in [0.1, 0.15) is 0 Å². The second-order valence-corrected chi connectivity index (χ2v) is 10.2. The number of para-hydroxylation sites is 1. The minimum Gasteiger partial charge on any atom is -0.310 e. The summed E-state index contributed by atoms with van der Waals surface area (Å²) in [6.07, 6.45) is 0. The normalized spacial score (nSPS) is 10.9. The lowest BCUT2D eigenvalue weighted by atomic mass is 9.92. The highest BCUT2D eigenvalue weighted by Gasteiger charge is 2.16. The summed E-state index contributed by atoms with van der Waals surface area (Å²) in [5.41, 5.74) is 10.6. The van der Waals surface area contributed by atoms with Crippen molar-refractivity contribution in [1.82, 2.24) is 0 Å². The third kappa shape index (κ3) is 5.02. The first-order valence-corrected chi connectivity index (χ1v) is 14.0. The van der Waals surface area contributed by atoms with E-state index in [1.54, 1.807) is 0 Å². The molecule has 0 saturated heterocycles. The molecule has 1 heteroatoms. The fraction of sp³-hybridized carbons (Fsp3) is 0. The van der Waals surface area contributed by atoms with Crippen LogP contribution in [0.3, 0.4) is 0 Å². The molecule has 0 atom stereocenters. The van der Waals surface area contributed by atoms with Crippen molar-refractivity contribution in [2.45, 2.75) is 0 Å². The molecule has 7 aromatic rings. The Bertz CT molecular complexity index is 1910. The van der Waals surface area contributed by atoms with E-state index in [1.165, 1.54) is 44.2 Å². The van der Waals surface area contributed by atoms with Crippen LogP contribution in [0.15, 0.2) is 176 Å². The molecular formula is C40H29N. The van der Waals surface area contributed by atoms with Gasteiger partial charge >= 0.3 is 0 Å². The van der Waals surface area contributed by atoms with Crippen LogP contribution in [0.2, 0.25) is 0 Å². The number of rotatable bonds is 6. The van der Waals surface area contributed by atoms with Crippen LogP contribution in [0.25, 0.3) is 44.2 Å². The predicted molar refractivity (Wildman–Crippen MR) is 175 cm³/mol. The smallest absolute Gasteiger partial charge is 0.0468 e. The van der Waals surface area contributed by atoms with E-state index in [9.17, 15) is 0 Å². The van der Waals surface area contributed by atoms with Gasteiger partial charge in [-0.15, -0.1) is 0 Å². The zero-order valence-electron chi connectivity index (χ0n) is 22.7. The maximum absolute atomic E-state index is 2.34. The van der Waals surface area contributed by atoms with Crippen LogP contribution >= 0.6 is 0 Å². The summed E-state index contributed by atoms with van der Waals surface area (Å²) < 4.78 is 0. The van der Waals surface area contributed by atoms with Crippen molar-refractivity contribution in [2.75, 3.05) is 4.90 Å². The maximum atomic E-state index is 2.34. The lowest BCUT2D eigenvalue weighted by molar-refractivity contribution is 1.28. The van der Waals surface area contributed by atoms with Crippen LogP contribution < -0.4 is 4.90 Å². The Morgan fingerprint density at radius 1 is 0.268 bits per heavy atom. The molecule has 0 heterocycles. The minimum absolute atomic E-state index is 1.12. The van der Waals surface area contributed by atoms with Gasteiger partial charge in [0.25, 0.3) is 0 Å². The molecule has 0 spiro atoms. The quantitative estimate of drug-likeness (QED) is 0.209. The summed E-state index contributed by atoms with van der Waals surface area (Å²) in [5, 5.41) is 2.50. The fourth-order valence-electron chi connectivity index (χ4n) is 5.59. The van der Waals surface area contributed by atoms with Crippen LogP contribution in [0.1, 0.15) is 0 Å². The van der Waals surface area contributed by atoms with E-state index in [4.69, 9.17) is 0 Å². The van der Waals surface area contributed by atoms with Gasteiger partial charge in [-0.25, -0.2) is 0 Å². The standard InChI is InChI=1S/C40H29N/c1-4-12-30(13-5-1)32-22-24-37(25-23-32)41(36-18-8-3-9-19-36)38-26-27-39(40(29-38)33-15-6-2-7-16-33)35-21-20-31-14-10-11-17-34(31)28-35/h1-29H. The van der Waals surface area contributed by atoms with Gasteiger partial charge in [0.15, 0.2) is 0 Å². The number of hydrogen-bond acceptors (Lipinski definition) is 1. The van der Waals surface area contributed by atoms with Gasteiger partial charge in [-0.05, 0) is 86.6 Å². The topological polar surface area (TPSA) is 3.24 Å². The zero-order valence-corrected chi connectivity index (χ0v) is 22.7. The predicted octanol–water partition coefficient (Wildman–Crippen LogP) is 11.3. The largest absolute Gasteiger partial charge is 0.310 e. The summed E-state index contributed by atoms with van der Waals surface area (Å²) in [6, 6.07) is 62.9. The SMILES string of the molecule is c1ccc(-c2ccc(N(c3ccccc3)c3ccc(-c4ccc5ccccc5c4)c(-c4ccccc4)c3)cc2)cc1. The molecule has 41 heavy (non-hydrogen) atoms. The lowest BCUT2D eigenvalue weighted by Crippen LogP contribution is -2.10. The number of hydrogen-bond donors (Lipinski definition) is 0. The van der Waals surface area contributed by atoms with Gasteiger partial charge in [0.2, 0.25) is 0 Å². The molecule has 0 amide bonds. The van der Waals surface area contributed by atoms with E-state index in [1.807, 2.05) is 0 Å². The van der Waals surface area contributed by atoms with Crippen LogP contribution in [0, 0.1) is 0 Å². The molecule has 0 fully saturated rings. The van der Waals surface area contributed by atoms with Crippen molar-refractivity contribution in [1.29, 1.82) is 0 Å². The summed E-state index contributed by atoms with van der Waals surface area (Å²) >= 11 is 0. The van der Waals surface area contributed by atoms with E-state index in [-0.39, 0.29) is 0 Å². The molecule has 0 aromatic heterocycles. The molecule has 0 unspecified atom stereocenters. The van der Waals surface area contributed by atoms with Crippen LogP contribution in [-0.4, -0.2) is 0 Å². The molecule has 7 rings (SSSR count). The number of anilines is 3. The van der Waals surface area contributed by atoms with Crippen molar-refractivity contribution in [3.05, 3.63) is 176 Å². The lowest BCUT2D eigenvalue weighted by Gasteiger charge is -2.27. The summed E-state index contributed by atoms with van der Waals surface area (Å²) in [5.74, 6) is 0. The number of benzene rings is 7. The molecule has 0 radical (unpaired) electrons. The molecule has 194 valence electrons. The first-order chi connectivity index (χ1) is 20.3. The van der Waals surface area contributed by atoms with Gasteiger partial charge in [-0.2, -0.15) is 0 Å². The van der Waals surface area contributed by atoms with Gasteiger partial charge in [0.05, 0.1) is 0 Å². The first-order valence-electron chi connectivity index (χ1n) is 14.0. The Morgan fingerprint density at radius 3 is 1.49 bits per heavy atom. The van der Waals surface area contributed by atoms with Crippen molar-refractivity contribution in [3.8, 4) is 33.4 Å². The van der Waals surface area contributed by atoms with Gasteiger partial charge in [-0.3, -0.25) is 0 Å². The Labute approximate surface area is 241 Å². The number of fused-ring (bicyclic) bond motifs is 1. The van der Waals surface area contributed by atoms with Crippen molar-refractivity contribution in [3.63, 3.8) is 0 Å². The number of nitrogens with zero attached hydrogens (tertiary/aromatic N) is 1. The van der Waals surface area contributed by atoms with Crippen LogP contribution in [-0.2, 0) is 0 Å². The second-order valence-electron chi connectivity index (χ2n) is 10.2. The maximum Gasteiger partial charge on any atom is 0.0468 e. The van der Waals surface area contributed by atoms with Crippen molar-refractivity contribution < 1.29 is 0 Å². The molecular weight excluding hydrogens is 494 g/mol. The highest BCUT2D eigenvalue weighted by molar-refractivity contribution is 5.93. The Balaban J connectivity index is 1.38. The zero-order chi connectivity index (χ0) is 27.4. The monoisotopic (exact) mass is 523 g/mol. The molecule has 7 aromatic carbocycles. The first kappa shape index (κ1) is 24.6. The Kier molecular flexibility index (Phi) is 6.61. The molecule has 0 aliphatic heterocycles. The van der Waals surface area contributed by atoms with Gasteiger partial charge in [0, 0.05) is 17.1 Å². The average Bonchev–Trinajstić information content (AvgIpc) is 3.06. The fourth-order valence-corrected chi connectivity index (χ4v) is 5.59. The van der Waals surface area contributed by atoms with E-state index in [2.05, 4.69) is 181 Å². The van der Waals surface area contributed by atoms with E-state index < -0.39 is 0 Å². The summed E-state index contributed by atoms with van der Waals surface area (Å²) in [6.45, 7) is 0. The summed E-state index contributed by atoms with van der Waals surface area (Å²) in [7, 11) is 0. The third-order valence-electron chi connectivity index (χ3n) is 7.65. The van der Waals surface area contributed by atoms with Crippen molar-refractivity contribution >= 4 is 27.8 Å². The van der Waals surface area contributed by atoms with E-state index in [0.29, 0.717) is 0 Å². The van der Waals surface area contributed by atoms with Gasteiger partial charge < -0.3 is 4.90 Å².